The monoisotopic (exact) mass is 866 g/mol. The zero-order valence-electron chi connectivity index (χ0n) is 29.6. The molecule has 6 aromatic heterocycles. The van der Waals surface area contributed by atoms with Crippen molar-refractivity contribution in [1.82, 2.24) is 29.1 Å². The van der Waals surface area contributed by atoms with E-state index in [0.717, 1.165) is 55.1 Å². The van der Waals surface area contributed by atoms with Gasteiger partial charge in [0.15, 0.2) is 0 Å². The summed E-state index contributed by atoms with van der Waals surface area (Å²) in [6.45, 7) is 0. The van der Waals surface area contributed by atoms with Crippen molar-refractivity contribution in [2.24, 2.45) is 0 Å². The maximum Gasteiger partial charge on any atom is 0.108 e. The van der Waals surface area contributed by atoms with Gasteiger partial charge in [-0.25, -0.2) is 9.97 Å². The summed E-state index contributed by atoms with van der Waals surface area (Å²) in [6.07, 6.45) is 6.83. The molecule has 0 spiro atoms. The molecule has 0 saturated heterocycles. The minimum atomic E-state index is -0.859. The van der Waals surface area contributed by atoms with E-state index >= 15 is 0 Å². The zero-order valence-corrected chi connectivity index (χ0v) is 34.3. The second-order valence-corrected chi connectivity index (χ2v) is 16.8. The van der Waals surface area contributed by atoms with Crippen molar-refractivity contribution in [2.45, 2.75) is 11.8 Å². The van der Waals surface area contributed by atoms with Gasteiger partial charge in [-0.3, -0.25) is 19.1 Å². The van der Waals surface area contributed by atoms with Crippen LogP contribution in [0.15, 0.2) is 119 Å². The van der Waals surface area contributed by atoms with Gasteiger partial charge in [0.2, 0.25) is 0 Å². The number of halogens is 4. The van der Waals surface area contributed by atoms with Crippen molar-refractivity contribution in [3.05, 3.63) is 151 Å². The zero-order chi connectivity index (χ0) is 39.7. The Labute approximate surface area is 358 Å². The van der Waals surface area contributed by atoms with Gasteiger partial charge in [-0.05, 0) is 104 Å². The molecule has 0 saturated carbocycles. The standard InChI is InChI=1S/C44H22Cl4N8S2/c45-33-13-37-29(11-27(33)25-5-7-57-19-25)43-39(17-51-37)53-21-55(43)41-3-1-23(9-35(41)47)31(15-49)32(16-50)24-2-4-42(36(48)10-24)56-22-54-40-18-52-38-14-34(46)28(12-30(38)44(40)56)26-6-8-58-20-26/h1-14,17-22,31-32H. The summed E-state index contributed by atoms with van der Waals surface area (Å²) in [4.78, 5) is 18.5. The maximum absolute atomic E-state index is 10.5. The number of rotatable bonds is 7. The quantitative estimate of drug-likeness (QED) is 0.158. The normalized spacial score (nSPS) is 12.7. The van der Waals surface area contributed by atoms with Crippen LogP contribution in [-0.2, 0) is 0 Å². The van der Waals surface area contributed by atoms with E-state index in [0.29, 0.717) is 53.6 Å². The molecule has 10 rings (SSSR count). The van der Waals surface area contributed by atoms with Crippen LogP contribution in [0.3, 0.4) is 0 Å². The molecule has 0 radical (unpaired) electrons. The van der Waals surface area contributed by atoms with Crippen LogP contribution in [0.2, 0.25) is 20.1 Å². The van der Waals surface area contributed by atoms with Crippen LogP contribution in [0.4, 0.5) is 0 Å². The number of imidazole rings is 2. The second kappa shape index (κ2) is 14.5. The van der Waals surface area contributed by atoms with Gasteiger partial charge in [-0.1, -0.05) is 58.5 Å². The number of benzene rings is 4. The van der Waals surface area contributed by atoms with Crippen LogP contribution >= 0.6 is 69.1 Å². The van der Waals surface area contributed by atoms with Crippen LogP contribution in [0.1, 0.15) is 23.0 Å². The number of thiophene rings is 2. The van der Waals surface area contributed by atoms with Crippen molar-refractivity contribution in [3.8, 4) is 45.8 Å². The van der Waals surface area contributed by atoms with Crippen molar-refractivity contribution >= 4 is 113 Å². The Balaban J connectivity index is 1.00. The summed E-state index contributed by atoms with van der Waals surface area (Å²) in [5, 5.41) is 32.9. The average molecular weight is 869 g/mol. The van der Waals surface area contributed by atoms with Gasteiger partial charge >= 0.3 is 0 Å². The molecule has 58 heavy (non-hydrogen) atoms. The molecule has 2 atom stereocenters. The lowest BCUT2D eigenvalue weighted by Gasteiger charge is -2.19. The van der Waals surface area contributed by atoms with Crippen LogP contribution in [-0.4, -0.2) is 29.1 Å². The highest BCUT2D eigenvalue weighted by molar-refractivity contribution is 7.08. The molecule has 0 N–H and O–H groups in total. The van der Waals surface area contributed by atoms with Gasteiger partial charge in [-0.2, -0.15) is 33.2 Å². The topological polar surface area (TPSA) is 109 Å². The number of nitriles is 2. The molecule has 2 unspecified atom stereocenters. The summed E-state index contributed by atoms with van der Waals surface area (Å²) in [5.74, 6) is -1.72. The average Bonchev–Trinajstić information content (AvgIpc) is 4.07. The molecule has 8 nitrogen and oxygen atoms in total. The minimum Gasteiger partial charge on any atom is -0.297 e. The molecule has 0 aliphatic heterocycles. The first-order valence-corrected chi connectivity index (χ1v) is 21.1. The summed E-state index contributed by atoms with van der Waals surface area (Å²) in [5.41, 5.74) is 10.8. The fourth-order valence-corrected chi connectivity index (χ4v) is 9.98. The molecule has 14 heteroatoms. The highest BCUT2D eigenvalue weighted by atomic mass is 35.5. The van der Waals surface area contributed by atoms with Crippen LogP contribution in [0.25, 0.3) is 77.5 Å². The van der Waals surface area contributed by atoms with Gasteiger partial charge in [0.1, 0.15) is 23.7 Å². The third kappa shape index (κ3) is 6.00. The lowest BCUT2D eigenvalue weighted by Crippen LogP contribution is -2.09. The number of hydrogen-bond acceptors (Lipinski definition) is 8. The molecule has 0 fully saturated rings. The third-order valence-electron chi connectivity index (χ3n) is 10.4. The van der Waals surface area contributed by atoms with Crippen LogP contribution < -0.4 is 0 Å². The predicted molar refractivity (Wildman–Crippen MR) is 236 cm³/mol. The van der Waals surface area contributed by atoms with E-state index in [1.165, 1.54) is 0 Å². The maximum atomic E-state index is 10.5. The van der Waals surface area contributed by atoms with E-state index in [2.05, 4.69) is 42.8 Å². The molecule has 6 heterocycles. The molecule has 4 aromatic carbocycles. The summed E-state index contributed by atoms with van der Waals surface area (Å²) in [7, 11) is 0. The summed E-state index contributed by atoms with van der Waals surface area (Å²) < 4.78 is 3.82. The Morgan fingerprint density at radius 1 is 0.517 bits per heavy atom. The smallest absolute Gasteiger partial charge is 0.108 e. The molecule has 0 amide bonds. The van der Waals surface area contributed by atoms with Crippen molar-refractivity contribution < 1.29 is 0 Å². The number of fused-ring (bicyclic) bond motifs is 6. The lowest BCUT2D eigenvalue weighted by molar-refractivity contribution is 0.760. The van der Waals surface area contributed by atoms with Gasteiger partial charge in [0.25, 0.3) is 0 Å². The van der Waals surface area contributed by atoms with E-state index < -0.39 is 11.8 Å². The largest absolute Gasteiger partial charge is 0.297 e. The van der Waals surface area contributed by atoms with E-state index in [1.54, 1.807) is 59.9 Å². The Morgan fingerprint density at radius 3 is 1.34 bits per heavy atom. The first kappa shape index (κ1) is 36.5. The number of hydrogen-bond donors (Lipinski definition) is 0. The second-order valence-electron chi connectivity index (χ2n) is 13.6. The fraction of sp³-hybridized carbons (Fsp3) is 0.0455. The fourth-order valence-electron chi connectivity index (χ4n) is 7.58. The Hall–Kier alpha value is -5.82. The summed E-state index contributed by atoms with van der Waals surface area (Å²) >= 11 is 30.7. The molecule has 0 aliphatic rings. The highest BCUT2D eigenvalue weighted by Crippen LogP contribution is 2.41. The van der Waals surface area contributed by atoms with E-state index in [9.17, 15) is 10.5 Å². The Kier molecular flexibility index (Phi) is 9.15. The minimum absolute atomic E-state index is 0.385. The van der Waals surface area contributed by atoms with E-state index in [1.807, 2.05) is 80.6 Å². The highest BCUT2D eigenvalue weighted by Gasteiger charge is 2.27. The third-order valence-corrected chi connectivity index (χ3v) is 13.0. The van der Waals surface area contributed by atoms with Crippen molar-refractivity contribution in [2.75, 3.05) is 0 Å². The van der Waals surface area contributed by atoms with Gasteiger partial charge in [-0.15, -0.1) is 0 Å². The first-order valence-electron chi connectivity index (χ1n) is 17.7. The van der Waals surface area contributed by atoms with Crippen molar-refractivity contribution in [1.29, 1.82) is 10.5 Å². The lowest BCUT2D eigenvalue weighted by atomic mass is 9.83. The Morgan fingerprint density at radius 2 is 0.966 bits per heavy atom. The van der Waals surface area contributed by atoms with Gasteiger partial charge in [0.05, 0.1) is 89.9 Å². The van der Waals surface area contributed by atoms with E-state index in [4.69, 9.17) is 46.4 Å². The van der Waals surface area contributed by atoms with Gasteiger partial charge < -0.3 is 0 Å². The number of pyridine rings is 2. The predicted octanol–water partition coefficient (Wildman–Crippen LogP) is 13.4. The molecular formula is C44H22Cl4N8S2. The Bertz CT molecular complexity index is 3120. The number of aromatic nitrogens is 6. The molecule has 0 aliphatic carbocycles. The van der Waals surface area contributed by atoms with E-state index in [-0.39, 0.29) is 0 Å². The van der Waals surface area contributed by atoms with Crippen molar-refractivity contribution in [3.63, 3.8) is 0 Å². The van der Waals surface area contributed by atoms with Crippen LogP contribution in [0, 0.1) is 22.7 Å². The van der Waals surface area contributed by atoms with Crippen LogP contribution in [0.5, 0.6) is 0 Å². The van der Waals surface area contributed by atoms with Gasteiger partial charge in [0, 0.05) is 21.9 Å². The molecule has 278 valence electrons. The number of nitrogens with zero attached hydrogens (tertiary/aromatic N) is 8. The SMILES string of the molecule is N#CC(c1ccc(-n2cnc3cnc4cc(Cl)c(-c5ccsc5)cc4c32)c(Cl)c1)C(C#N)c1ccc(-n2cnc3cnc4cc(Cl)c(-c5ccsc5)cc4c32)c(Cl)c1. The molecular weight excluding hydrogens is 846 g/mol. The molecule has 0 bridgehead atoms. The summed E-state index contributed by atoms with van der Waals surface area (Å²) in [6, 6.07) is 27.4. The molecule has 10 aromatic rings. The first-order chi connectivity index (χ1) is 28.3.